The highest BCUT2D eigenvalue weighted by Gasteiger charge is 2.12. The molecular formula is C13H21NO4S. The van der Waals surface area contributed by atoms with Crippen molar-refractivity contribution in [3.05, 3.63) is 17.7 Å². The summed E-state index contributed by atoms with van der Waals surface area (Å²) in [6.07, 6.45) is 1.69. The van der Waals surface area contributed by atoms with Crippen LogP contribution in [0.15, 0.2) is 12.1 Å². The first kappa shape index (κ1) is 15.8. The predicted molar refractivity (Wildman–Crippen MR) is 76.4 cm³/mol. The molecule has 0 amide bonds. The number of hydrogen-bond acceptors (Lipinski definition) is 5. The molecule has 0 radical (unpaired) electrons. The Morgan fingerprint density at radius 2 is 1.84 bits per heavy atom. The first-order valence-electron chi connectivity index (χ1n) is 5.95. The van der Waals surface area contributed by atoms with Crippen LogP contribution in [-0.4, -0.2) is 41.6 Å². The van der Waals surface area contributed by atoms with Gasteiger partial charge in [-0.2, -0.15) is 0 Å². The first-order valence-corrected chi connectivity index (χ1v) is 7.68. The second-order valence-electron chi connectivity index (χ2n) is 4.37. The molecular weight excluding hydrogens is 266 g/mol. The van der Waals surface area contributed by atoms with Crippen molar-refractivity contribution in [2.45, 2.75) is 19.5 Å². The van der Waals surface area contributed by atoms with E-state index < -0.39 is 10.8 Å². The summed E-state index contributed by atoms with van der Waals surface area (Å²) in [6.45, 7) is 2.57. The second kappa shape index (κ2) is 7.35. The van der Waals surface area contributed by atoms with Crippen LogP contribution in [0.2, 0.25) is 0 Å². The molecule has 0 heterocycles. The highest BCUT2D eigenvalue weighted by atomic mass is 32.2. The smallest absolute Gasteiger partial charge is 0.200 e. The van der Waals surface area contributed by atoms with Crippen molar-refractivity contribution in [3.8, 4) is 17.2 Å². The monoisotopic (exact) mass is 287 g/mol. The molecule has 0 fully saturated rings. The van der Waals surface area contributed by atoms with Gasteiger partial charge in [0.2, 0.25) is 5.75 Å². The van der Waals surface area contributed by atoms with Crippen molar-refractivity contribution in [1.82, 2.24) is 5.32 Å². The van der Waals surface area contributed by atoms with Gasteiger partial charge in [-0.15, -0.1) is 0 Å². The largest absolute Gasteiger partial charge is 0.502 e. The number of aromatic hydroxyl groups is 1. The molecule has 1 aromatic carbocycles. The molecule has 1 rings (SSSR count). The number of phenolic OH excluding ortho intramolecular Hbond substituents is 1. The van der Waals surface area contributed by atoms with E-state index in [2.05, 4.69) is 5.32 Å². The van der Waals surface area contributed by atoms with E-state index in [1.165, 1.54) is 14.2 Å². The van der Waals surface area contributed by atoms with Crippen molar-refractivity contribution in [3.63, 3.8) is 0 Å². The van der Waals surface area contributed by atoms with Crippen LogP contribution in [-0.2, 0) is 17.3 Å². The molecule has 19 heavy (non-hydrogen) atoms. The molecule has 0 aliphatic heterocycles. The zero-order chi connectivity index (χ0) is 14.4. The summed E-state index contributed by atoms with van der Waals surface area (Å²) in [5.41, 5.74) is 0.931. The number of benzene rings is 1. The zero-order valence-electron chi connectivity index (χ0n) is 11.7. The lowest BCUT2D eigenvalue weighted by Crippen LogP contribution is -2.30. The second-order valence-corrected chi connectivity index (χ2v) is 5.85. The lowest BCUT2D eigenvalue weighted by molar-refractivity contribution is 0.339. The molecule has 0 aromatic heterocycles. The molecule has 0 aliphatic rings. The van der Waals surface area contributed by atoms with E-state index in [-0.39, 0.29) is 11.8 Å². The Morgan fingerprint density at radius 3 is 2.26 bits per heavy atom. The molecule has 0 saturated carbocycles. The lowest BCUT2D eigenvalue weighted by atomic mass is 10.1. The van der Waals surface area contributed by atoms with Gasteiger partial charge in [-0.05, 0) is 24.6 Å². The maximum atomic E-state index is 11.1. The number of nitrogens with one attached hydrogen (secondary N) is 1. The number of rotatable bonds is 7. The Kier molecular flexibility index (Phi) is 6.11. The molecule has 2 unspecified atom stereocenters. The summed E-state index contributed by atoms with van der Waals surface area (Å²) >= 11 is 0. The Labute approximate surface area is 116 Å². The third-order valence-corrected chi connectivity index (χ3v) is 3.65. The molecule has 0 aliphatic carbocycles. The van der Waals surface area contributed by atoms with Crippen molar-refractivity contribution in [2.24, 2.45) is 0 Å². The number of methoxy groups -OCH3 is 2. The van der Waals surface area contributed by atoms with E-state index >= 15 is 0 Å². The van der Waals surface area contributed by atoms with Gasteiger partial charge in [0.15, 0.2) is 11.5 Å². The molecule has 0 spiro atoms. The minimum absolute atomic E-state index is 0.00328. The van der Waals surface area contributed by atoms with Crippen LogP contribution in [0.3, 0.4) is 0 Å². The van der Waals surface area contributed by atoms with Gasteiger partial charge in [0, 0.05) is 35.4 Å². The van der Waals surface area contributed by atoms with E-state index in [1.54, 1.807) is 18.4 Å². The van der Waals surface area contributed by atoms with Crippen molar-refractivity contribution < 1.29 is 18.8 Å². The van der Waals surface area contributed by atoms with E-state index in [1.807, 2.05) is 6.92 Å². The third kappa shape index (κ3) is 4.72. The molecule has 108 valence electrons. The van der Waals surface area contributed by atoms with Gasteiger partial charge < -0.3 is 19.9 Å². The van der Waals surface area contributed by atoms with E-state index in [9.17, 15) is 9.32 Å². The van der Waals surface area contributed by atoms with Gasteiger partial charge in [0.05, 0.1) is 14.2 Å². The average Bonchev–Trinajstić information content (AvgIpc) is 2.36. The summed E-state index contributed by atoms with van der Waals surface area (Å²) in [4.78, 5) is 0. The summed E-state index contributed by atoms with van der Waals surface area (Å²) in [6, 6.07) is 3.65. The van der Waals surface area contributed by atoms with Gasteiger partial charge in [-0.25, -0.2) is 0 Å². The summed E-state index contributed by atoms with van der Waals surface area (Å²) in [7, 11) is 2.17. The van der Waals surface area contributed by atoms with Crippen LogP contribution in [0.25, 0.3) is 0 Å². The van der Waals surface area contributed by atoms with Gasteiger partial charge in [0.25, 0.3) is 0 Å². The molecule has 6 heteroatoms. The summed E-state index contributed by atoms with van der Waals surface area (Å²) in [5, 5.41) is 13.1. The lowest BCUT2D eigenvalue weighted by Gasteiger charge is -2.15. The normalized spacial score (nSPS) is 13.9. The van der Waals surface area contributed by atoms with Crippen molar-refractivity contribution in [2.75, 3.05) is 26.2 Å². The van der Waals surface area contributed by atoms with Gasteiger partial charge in [-0.3, -0.25) is 4.21 Å². The van der Waals surface area contributed by atoms with E-state index in [4.69, 9.17) is 9.47 Å². The van der Waals surface area contributed by atoms with E-state index in [0.29, 0.717) is 23.8 Å². The number of hydrogen-bond donors (Lipinski definition) is 2. The fraction of sp³-hybridized carbons (Fsp3) is 0.538. The third-order valence-electron chi connectivity index (χ3n) is 2.68. The Morgan fingerprint density at radius 1 is 1.32 bits per heavy atom. The SMILES string of the molecule is COc1cc(CNC(C)CS(C)=O)cc(OC)c1O. The summed E-state index contributed by atoms with van der Waals surface area (Å²) in [5.74, 6) is 1.36. The predicted octanol–water partition coefficient (Wildman–Crippen LogP) is 1.27. The van der Waals surface area contributed by atoms with Crippen molar-refractivity contribution in [1.29, 1.82) is 0 Å². The molecule has 5 nitrogen and oxygen atoms in total. The van der Waals surface area contributed by atoms with Crippen LogP contribution >= 0.6 is 0 Å². The standard InChI is InChI=1S/C13H21NO4S/c1-9(8-19(4)16)14-7-10-5-11(17-2)13(15)12(6-10)18-3/h5-6,9,14-15H,7-8H2,1-4H3. The van der Waals surface area contributed by atoms with Crippen LogP contribution in [0.4, 0.5) is 0 Å². The molecule has 2 atom stereocenters. The Hall–Kier alpha value is -1.27. The Bertz CT molecular complexity index is 425. The minimum Gasteiger partial charge on any atom is -0.502 e. The molecule has 0 bridgehead atoms. The van der Waals surface area contributed by atoms with Gasteiger partial charge >= 0.3 is 0 Å². The maximum Gasteiger partial charge on any atom is 0.200 e. The molecule has 0 saturated heterocycles. The summed E-state index contributed by atoms with van der Waals surface area (Å²) < 4.78 is 21.3. The Balaban J connectivity index is 2.76. The minimum atomic E-state index is -0.821. The zero-order valence-corrected chi connectivity index (χ0v) is 12.5. The van der Waals surface area contributed by atoms with Crippen LogP contribution in [0.5, 0.6) is 17.2 Å². The maximum absolute atomic E-state index is 11.1. The topological polar surface area (TPSA) is 67.8 Å². The van der Waals surface area contributed by atoms with Crippen LogP contribution in [0, 0.1) is 0 Å². The molecule has 2 N–H and O–H groups in total. The van der Waals surface area contributed by atoms with Crippen molar-refractivity contribution >= 4 is 10.8 Å². The molecule has 1 aromatic rings. The number of phenols is 1. The van der Waals surface area contributed by atoms with Crippen LogP contribution < -0.4 is 14.8 Å². The van der Waals surface area contributed by atoms with Gasteiger partial charge in [0.1, 0.15) is 0 Å². The highest BCUT2D eigenvalue weighted by Crippen LogP contribution is 2.36. The highest BCUT2D eigenvalue weighted by molar-refractivity contribution is 7.84. The number of ether oxygens (including phenoxy) is 2. The average molecular weight is 287 g/mol. The fourth-order valence-electron chi connectivity index (χ4n) is 1.75. The van der Waals surface area contributed by atoms with E-state index in [0.717, 1.165) is 5.56 Å². The first-order chi connectivity index (χ1) is 8.97. The fourth-order valence-corrected chi connectivity index (χ4v) is 2.57. The van der Waals surface area contributed by atoms with Gasteiger partial charge in [-0.1, -0.05) is 0 Å². The quantitative estimate of drug-likeness (QED) is 0.790. The van der Waals surface area contributed by atoms with Crippen LogP contribution in [0.1, 0.15) is 12.5 Å².